The number of nitrogens with one attached hydrogen (secondary N) is 2. The van der Waals surface area contributed by atoms with Crippen LogP contribution in [0.2, 0.25) is 10.3 Å². The van der Waals surface area contributed by atoms with E-state index in [1.165, 1.54) is 18.3 Å². The highest BCUT2D eigenvalue weighted by atomic mass is 35.5. The maximum Gasteiger partial charge on any atom is 0.254 e. The second-order valence-electron chi connectivity index (χ2n) is 4.09. The van der Waals surface area contributed by atoms with E-state index in [0.717, 1.165) is 0 Å². The summed E-state index contributed by atoms with van der Waals surface area (Å²) in [4.78, 5) is 19.4. The molecule has 2 heterocycles. The van der Waals surface area contributed by atoms with Crippen LogP contribution in [0.4, 0.5) is 15.9 Å². The fourth-order valence-electron chi connectivity index (χ4n) is 1.98. The van der Waals surface area contributed by atoms with E-state index >= 15 is 0 Å². The van der Waals surface area contributed by atoms with Gasteiger partial charge in [-0.15, -0.1) is 0 Å². The van der Waals surface area contributed by atoms with Crippen LogP contribution < -0.4 is 10.6 Å². The van der Waals surface area contributed by atoms with Gasteiger partial charge in [-0.3, -0.25) is 4.79 Å². The first-order valence-corrected chi connectivity index (χ1v) is 6.36. The molecule has 20 heavy (non-hydrogen) atoms. The van der Waals surface area contributed by atoms with E-state index in [2.05, 4.69) is 20.6 Å². The molecule has 102 valence electrons. The first-order chi connectivity index (χ1) is 9.56. The van der Waals surface area contributed by atoms with Crippen LogP contribution >= 0.6 is 23.2 Å². The van der Waals surface area contributed by atoms with Crippen molar-refractivity contribution in [2.75, 3.05) is 5.32 Å². The summed E-state index contributed by atoms with van der Waals surface area (Å²) in [5.41, 5.74) is 0.972. The highest BCUT2D eigenvalue weighted by Gasteiger charge is 2.26. The number of carbonyl (C=O) groups is 1. The summed E-state index contributed by atoms with van der Waals surface area (Å²) in [6.07, 6.45) is 1.34. The van der Waals surface area contributed by atoms with Gasteiger partial charge in [0.15, 0.2) is 5.82 Å². The van der Waals surface area contributed by atoms with Gasteiger partial charge >= 0.3 is 0 Å². The number of anilines is 2. The van der Waals surface area contributed by atoms with Crippen molar-refractivity contribution in [3.05, 3.63) is 45.6 Å². The lowest BCUT2D eigenvalue weighted by molar-refractivity contribution is 0.0966. The van der Waals surface area contributed by atoms with Gasteiger partial charge in [0.05, 0.1) is 17.4 Å². The summed E-state index contributed by atoms with van der Waals surface area (Å²) >= 11 is 11.6. The molecule has 1 aliphatic heterocycles. The van der Waals surface area contributed by atoms with Crippen molar-refractivity contribution in [3.63, 3.8) is 0 Å². The van der Waals surface area contributed by atoms with Crippen LogP contribution in [-0.4, -0.2) is 15.9 Å². The zero-order valence-electron chi connectivity index (χ0n) is 9.88. The standard InChI is InChI=1S/C12H7Cl2FN4O/c13-6-4-17-12(14)19-10(6)18-8-2-1-7(15)5-3-16-11(20)9(5)8/h1-2,4H,3H2,(H,16,20)(H,17,18,19). The number of rotatable bonds is 2. The lowest BCUT2D eigenvalue weighted by Gasteiger charge is -2.10. The molecule has 0 unspecified atom stereocenters. The van der Waals surface area contributed by atoms with Gasteiger partial charge < -0.3 is 10.6 Å². The minimum absolute atomic E-state index is 0.0140. The Bertz CT molecular complexity index is 723. The zero-order valence-corrected chi connectivity index (χ0v) is 11.4. The molecule has 0 atom stereocenters. The van der Waals surface area contributed by atoms with Crippen LogP contribution in [0.15, 0.2) is 18.3 Å². The monoisotopic (exact) mass is 312 g/mol. The van der Waals surface area contributed by atoms with Crippen molar-refractivity contribution < 1.29 is 9.18 Å². The van der Waals surface area contributed by atoms with Gasteiger partial charge in [-0.25, -0.2) is 9.37 Å². The Labute approximate surface area is 123 Å². The normalized spacial score (nSPS) is 13.1. The van der Waals surface area contributed by atoms with Gasteiger partial charge in [0.2, 0.25) is 5.28 Å². The molecule has 0 radical (unpaired) electrons. The van der Waals surface area contributed by atoms with Crippen LogP contribution in [0, 0.1) is 5.82 Å². The van der Waals surface area contributed by atoms with E-state index in [4.69, 9.17) is 23.2 Å². The van der Waals surface area contributed by atoms with Crippen molar-refractivity contribution >= 4 is 40.6 Å². The predicted molar refractivity (Wildman–Crippen MR) is 72.9 cm³/mol. The molecular formula is C12H7Cl2FN4O. The van der Waals surface area contributed by atoms with E-state index in [-0.39, 0.29) is 34.1 Å². The minimum atomic E-state index is -0.435. The molecule has 0 spiro atoms. The maximum atomic E-state index is 13.6. The topological polar surface area (TPSA) is 66.9 Å². The number of hydrogen-bond donors (Lipinski definition) is 2. The summed E-state index contributed by atoms with van der Waals surface area (Å²) in [6.45, 7) is 0.160. The van der Waals surface area contributed by atoms with Crippen LogP contribution in [0.3, 0.4) is 0 Å². The van der Waals surface area contributed by atoms with Gasteiger partial charge in [-0.1, -0.05) is 11.6 Å². The van der Waals surface area contributed by atoms with Crippen molar-refractivity contribution in [2.24, 2.45) is 0 Å². The van der Waals surface area contributed by atoms with Crippen LogP contribution in [-0.2, 0) is 6.54 Å². The fourth-order valence-corrected chi connectivity index (χ4v) is 2.25. The highest BCUT2D eigenvalue weighted by Crippen LogP contribution is 2.31. The van der Waals surface area contributed by atoms with Crippen molar-refractivity contribution in [1.82, 2.24) is 15.3 Å². The number of carbonyl (C=O) groups excluding carboxylic acids is 1. The fraction of sp³-hybridized carbons (Fsp3) is 0.0833. The van der Waals surface area contributed by atoms with Crippen LogP contribution in [0.1, 0.15) is 15.9 Å². The number of halogens is 3. The molecule has 5 nitrogen and oxygen atoms in total. The molecule has 0 bridgehead atoms. The summed E-state index contributed by atoms with van der Waals surface area (Å²) in [5, 5.41) is 5.70. The van der Waals surface area contributed by atoms with Crippen molar-refractivity contribution in [3.8, 4) is 0 Å². The molecule has 2 aromatic rings. The summed E-state index contributed by atoms with van der Waals surface area (Å²) < 4.78 is 13.6. The first kappa shape index (κ1) is 13.1. The third-order valence-electron chi connectivity index (χ3n) is 2.88. The molecule has 8 heteroatoms. The van der Waals surface area contributed by atoms with E-state index in [9.17, 15) is 9.18 Å². The van der Waals surface area contributed by atoms with E-state index in [0.29, 0.717) is 11.3 Å². The Kier molecular flexibility index (Phi) is 3.19. The molecule has 2 N–H and O–H groups in total. The van der Waals surface area contributed by atoms with Gasteiger partial charge in [-0.2, -0.15) is 4.98 Å². The average Bonchev–Trinajstić information content (AvgIpc) is 2.81. The Balaban J connectivity index is 2.06. The Morgan fingerprint density at radius 3 is 2.95 bits per heavy atom. The number of fused-ring (bicyclic) bond motifs is 1. The predicted octanol–water partition coefficient (Wildman–Crippen LogP) is 2.91. The quantitative estimate of drug-likeness (QED) is 0.837. The molecule has 0 aliphatic carbocycles. The SMILES string of the molecule is O=C1NCc2c(F)ccc(Nc3nc(Cl)ncc3Cl)c21. The zero-order chi connectivity index (χ0) is 14.3. The number of amides is 1. The summed E-state index contributed by atoms with van der Waals surface area (Å²) in [7, 11) is 0. The molecule has 1 amide bonds. The Morgan fingerprint density at radius 2 is 2.15 bits per heavy atom. The van der Waals surface area contributed by atoms with E-state index < -0.39 is 5.82 Å². The number of benzene rings is 1. The molecule has 0 saturated heterocycles. The molecule has 3 rings (SSSR count). The molecular weight excluding hydrogens is 306 g/mol. The average molecular weight is 313 g/mol. The van der Waals surface area contributed by atoms with Crippen molar-refractivity contribution in [2.45, 2.75) is 6.54 Å². The Morgan fingerprint density at radius 1 is 1.35 bits per heavy atom. The van der Waals surface area contributed by atoms with Gasteiger partial charge in [0.1, 0.15) is 10.8 Å². The molecule has 1 aromatic carbocycles. The molecule has 0 fully saturated rings. The summed E-state index contributed by atoms with van der Waals surface area (Å²) in [5.74, 6) is -0.533. The highest BCUT2D eigenvalue weighted by molar-refractivity contribution is 6.33. The smallest absolute Gasteiger partial charge is 0.254 e. The van der Waals surface area contributed by atoms with E-state index in [1.807, 2.05) is 0 Å². The van der Waals surface area contributed by atoms with Crippen LogP contribution in [0.25, 0.3) is 0 Å². The third-order valence-corrected chi connectivity index (χ3v) is 3.33. The number of aromatic nitrogens is 2. The Hall–Kier alpha value is -1.92. The van der Waals surface area contributed by atoms with Gasteiger partial charge in [-0.05, 0) is 23.7 Å². The van der Waals surface area contributed by atoms with E-state index in [1.54, 1.807) is 0 Å². The van der Waals surface area contributed by atoms with Gasteiger partial charge in [0.25, 0.3) is 5.91 Å². The van der Waals surface area contributed by atoms with Crippen LogP contribution in [0.5, 0.6) is 0 Å². The number of nitrogens with zero attached hydrogens (tertiary/aromatic N) is 2. The summed E-state index contributed by atoms with van der Waals surface area (Å²) in [6, 6.07) is 2.73. The molecule has 1 aromatic heterocycles. The maximum absolute atomic E-state index is 13.6. The largest absolute Gasteiger partial charge is 0.348 e. The minimum Gasteiger partial charge on any atom is -0.348 e. The molecule has 1 aliphatic rings. The second-order valence-corrected chi connectivity index (χ2v) is 4.84. The third kappa shape index (κ3) is 2.17. The second kappa shape index (κ2) is 4.88. The first-order valence-electron chi connectivity index (χ1n) is 5.61. The molecule has 0 saturated carbocycles. The van der Waals surface area contributed by atoms with Gasteiger partial charge in [0, 0.05) is 12.1 Å². The number of hydrogen-bond acceptors (Lipinski definition) is 4. The van der Waals surface area contributed by atoms with Crippen molar-refractivity contribution in [1.29, 1.82) is 0 Å². The lowest BCUT2D eigenvalue weighted by atomic mass is 10.1. The lowest BCUT2D eigenvalue weighted by Crippen LogP contribution is -2.13.